The first-order chi connectivity index (χ1) is 24.9. The molecule has 17 nitrogen and oxygen atoms in total. The van der Waals surface area contributed by atoms with Gasteiger partial charge in [0, 0.05) is 33.4 Å². The summed E-state index contributed by atoms with van der Waals surface area (Å²) in [6.07, 6.45) is -6.10. The third-order valence-corrected chi connectivity index (χ3v) is 8.26. The van der Waals surface area contributed by atoms with Gasteiger partial charge in [-0.1, -0.05) is 12.1 Å². The van der Waals surface area contributed by atoms with Gasteiger partial charge in [0.1, 0.15) is 29.1 Å². The summed E-state index contributed by atoms with van der Waals surface area (Å²) in [7, 11) is 0. The minimum Gasteiger partial charge on any atom is -0.481 e. The number of benzene rings is 2. The fourth-order valence-electron chi connectivity index (χ4n) is 6.01. The zero-order valence-electron chi connectivity index (χ0n) is 30.0. The van der Waals surface area contributed by atoms with Crippen LogP contribution in [-0.2, 0) is 23.9 Å². The Bertz CT molecular complexity index is 2000. The zero-order chi connectivity index (χ0) is 40.6. The van der Waals surface area contributed by atoms with Crippen LogP contribution in [0.25, 0.3) is 0 Å². The van der Waals surface area contributed by atoms with Crippen molar-refractivity contribution in [1.29, 1.82) is 0 Å². The Hall–Kier alpha value is -6.10. The number of hydrogen-bond donors (Lipinski definition) is 5. The molecule has 0 spiro atoms. The number of carboxylic acid groups (broad SMARTS) is 2. The molecule has 0 aromatic heterocycles. The van der Waals surface area contributed by atoms with Crippen LogP contribution in [0.5, 0.6) is 0 Å². The minimum atomic E-state index is -2.02. The summed E-state index contributed by atoms with van der Waals surface area (Å²) in [4.78, 5) is 128. The van der Waals surface area contributed by atoms with E-state index in [1.807, 2.05) is 0 Å². The van der Waals surface area contributed by atoms with Crippen molar-refractivity contribution in [3.05, 3.63) is 69.8 Å². The number of carbonyl (C=O) groups excluding carboxylic acids is 8. The van der Waals surface area contributed by atoms with Crippen LogP contribution in [0.3, 0.4) is 0 Å². The maximum atomic E-state index is 13.6. The second-order valence-corrected chi connectivity index (χ2v) is 14.8. The first-order valence-corrected chi connectivity index (χ1v) is 16.5. The highest BCUT2D eigenvalue weighted by atomic mass is 16.6. The van der Waals surface area contributed by atoms with Crippen molar-refractivity contribution in [1.82, 2.24) is 10.6 Å². The fourth-order valence-corrected chi connectivity index (χ4v) is 6.01. The number of amides is 2. The standard InChI is InChI=1S/C37H38N2O15/c1-36(2,3)53-34(51)38-21(13-23(40)41)32(49)25-28(45)17-9-7-15(11-19(17)30(25)47)27(44)16-8-10-18-20(12-16)31(48)26(29(18)46)33(50)22(14-24(42)43)39-35(52)54-37(4,5)6/h7-12,21-22,25-26,32,49H,13-14H2,1-6H3,(H,38,51)(H,39,52)(H,40,41)(H,42,43)/t21-,22-,25?,26?,32?/m0/s1. The Morgan fingerprint density at radius 1 is 0.648 bits per heavy atom. The van der Waals surface area contributed by atoms with Crippen LogP contribution < -0.4 is 10.6 Å². The number of ether oxygens (including phenoxy) is 2. The number of carbonyl (C=O) groups is 10. The normalized spacial score (nSPS) is 18.2. The molecule has 0 saturated carbocycles. The van der Waals surface area contributed by atoms with Crippen LogP contribution in [0.2, 0.25) is 0 Å². The SMILES string of the molecule is CC(C)(C)OC(=O)N[C@@H](CC(=O)O)C(=O)C1C(=O)c2ccc(C(=O)c3ccc4c(c3)C(=O)C(C(O)[C@H](CC(=O)O)NC(=O)OC(C)(C)C)C4=O)cc2C1=O. The molecule has 5 atom stereocenters. The van der Waals surface area contributed by atoms with Gasteiger partial charge in [0.05, 0.1) is 25.0 Å². The fraction of sp³-hybridized carbons (Fsp3) is 0.405. The largest absolute Gasteiger partial charge is 0.481 e. The van der Waals surface area contributed by atoms with Gasteiger partial charge in [-0.3, -0.25) is 38.4 Å². The summed E-state index contributed by atoms with van der Waals surface area (Å²) in [5.41, 5.74) is -3.36. The monoisotopic (exact) mass is 750 g/mol. The number of alkyl carbamates (subject to hydrolysis) is 2. The molecular weight excluding hydrogens is 712 g/mol. The van der Waals surface area contributed by atoms with E-state index < -0.39 is 113 Å². The van der Waals surface area contributed by atoms with Gasteiger partial charge in [0.25, 0.3) is 0 Å². The molecular formula is C37H38N2O15. The van der Waals surface area contributed by atoms with Crippen LogP contribution in [0.4, 0.5) is 9.59 Å². The Balaban J connectivity index is 1.57. The molecule has 5 N–H and O–H groups in total. The average Bonchev–Trinajstić information content (AvgIpc) is 3.43. The first kappa shape index (κ1) is 40.7. The molecule has 3 unspecified atom stereocenters. The lowest BCUT2D eigenvalue weighted by Crippen LogP contribution is -2.51. The van der Waals surface area contributed by atoms with Gasteiger partial charge in [0.15, 0.2) is 34.7 Å². The van der Waals surface area contributed by atoms with E-state index in [0.717, 1.165) is 24.3 Å². The first-order valence-electron chi connectivity index (χ1n) is 16.5. The summed E-state index contributed by atoms with van der Waals surface area (Å²) in [6.45, 7) is 9.20. The lowest BCUT2D eigenvalue weighted by molar-refractivity contribution is -0.140. The summed E-state index contributed by atoms with van der Waals surface area (Å²) < 4.78 is 10.2. The van der Waals surface area contributed by atoms with Crippen LogP contribution in [-0.4, -0.2) is 104 Å². The van der Waals surface area contributed by atoms with Crippen LogP contribution >= 0.6 is 0 Å². The zero-order valence-corrected chi connectivity index (χ0v) is 30.0. The van der Waals surface area contributed by atoms with E-state index in [9.17, 15) is 63.3 Å². The van der Waals surface area contributed by atoms with E-state index in [1.54, 1.807) is 20.8 Å². The summed E-state index contributed by atoms with van der Waals surface area (Å²) in [5, 5.41) is 34.1. The Morgan fingerprint density at radius 2 is 1.07 bits per heavy atom. The molecule has 0 saturated heterocycles. The molecule has 286 valence electrons. The van der Waals surface area contributed by atoms with Crippen molar-refractivity contribution in [3.63, 3.8) is 0 Å². The molecule has 2 aromatic rings. The van der Waals surface area contributed by atoms with E-state index in [1.165, 1.54) is 32.9 Å². The molecule has 2 amide bonds. The summed E-state index contributed by atoms with van der Waals surface area (Å²) in [5.74, 6) is -12.7. The predicted octanol–water partition coefficient (Wildman–Crippen LogP) is 2.57. The quantitative estimate of drug-likeness (QED) is 0.154. The smallest absolute Gasteiger partial charge is 0.408 e. The third kappa shape index (κ3) is 8.91. The van der Waals surface area contributed by atoms with Crippen molar-refractivity contribution < 1.29 is 72.7 Å². The second-order valence-electron chi connectivity index (χ2n) is 14.8. The maximum absolute atomic E-state index is 13.6. The molecule has 2 aliphatic carbocycles. The number of carboxylic acids is 2. The van der Waals surface area contributed by atoms with Crippen LogP contribution in [0.15, 0.2) is 36.4 Å². The van der Waals surface area contributed by atoms with E-state index >= 15 is 0 Å². The van der Waals surface area contributed by atoms with Crippen LogP contribution in [0.1, 0.15) is 112 Å². The maximum Gasteiger partial charge on any atom is 0.408 e. The number of aliphatic carboxylic acids is 2. The van der Waals surface area contributed by atoms with Crippen molar-refractivity contribution >= 4 is 58.8 Å². The highest BCUT2D eigenvalue weighted by Crippen LogP contribution is 2.34. The topological polar surface area (TPSA) is 274 Å². The second kappa shape index (κ2) is 15.1. The molecule has 2 aliphatic rings. The van der Waals surface area contributed by atoms with Crippen molar-refractivity contribution in [2.75, 3.05) is 0 Å². The lowest BCUT2D eigenvalue weighted by atomic mass is 9.90. The summed E-state index contributed by atoms with van der Waals surface area (Å²) in [6, 6.07) is 3.33. The number of ketones is 6. The molecule has 0 radical (unpaired) electrons. The lowest BCUT2D eigenvalue weighted by Gasteiger charge is -2.27. The van der Waals surface area contributed by atoms with Crippen molar-refractivity contribution in [3.8, 4) is 0 Å². The molecule has 17 heteroatoms. The summed E-state index contributed by atoms with van der Waals surface area (Å²) >= 11 is 0. The van der Waals surface area contributed by atoms with E-state index in [4.69, 9.17) is 9.47 Å². The number of rotatable bonds is 12. The van der Waals surface area contributed by atoms with Gasteiger partial charge in [-0.25, -0.2) is 9.59 Å². The Morgan fingerprint density at radius 3 is 1.56 bits per heavy atom. The van der Waals surface area contributed by atoms with Gasteiger partial charge in [-0.05, 0) is 65.8 Å². The molecule has 4 rings (SSSR count). The Kier molecular flexibility index (Phi) is 11.4. The van der Waals surface area contributed by atoms with Crippen molar-refractivity contribution in [2.45, 2.75) is 83.8 Å². The van der Waals surface area contributed by atoms with E-state index in [-0.39, 0.29) is 33.4 Å². The number of aliphatic hydroxyl groups excluding tert-OH is 1. The minimum absolute atomic E-state index is 0.161. The number of nitrogens with one attached hydrogen (secondary N) is 2. The third-order valence-electron chi connectivity index (χ3n) is 8.26. The van der Waals surface area contributed by atoms with Gasteiger partial charge in [0.2, 0.25) is 0 Å². The molecule has 0 aliphatic heterocycles. The van der Waals surface area contributed by atoms with Gasteiger partial charge < -0.3 is 35.4 Å². The van der Waals surface area contributed by atoms with E-state index in [0.29, 0.717) is 0 Å². The van der Waals surface area contributed by atoms with Gasteiger partial charge in [-0.15, -0.1) is 0 Å². The number of Topliss-reactive ketones (excluding diaryl/α,β-unsaturated/α-hetero) is 5. The molecule has 0 bridgehead atoms. The van der Waals surface area contributed by atoms with Crippen molar-refractivity contribution in [2.24, 2.45) is 11.8 Å². The molecule has 0 heterocycles. The Labute approximate surface area is 307 Å². The van der Waals surface area contributed by atoms with Gasteiger partial charge >= 0.3 is 24.1 Å². The van der Waals surface area contributed by atoms with Gasteiger partial charge in [-0.2, -0.15) is 0 Å². The van der Waals surface area contributed by atoms with Crippen LogP contribution in [0, 0.1) is 11.8 Å². The molecule has 54 heavy (non-hydrogen) atoms. The predicted molar refractivity (Wildman–Crippen MR) is 182 cm³/mol. The number of fused-ring (bicyclic) bond motifs is 2. The highest BCUT2D eigenvalue weighted by Gasteiger charge is 2.48. The van der Waals surface area contributed by atoms with E-state index in [2.05, 4.69) is 10.6 Å². The average molecular weight is 751 g/mol. The number of aliphatic hydroxyl groups is 1. The molecule has 2 aromatic carbocycles. The number of hydrogen-bond acceptors (Lipinski definition) is 13. The highest BCUT2D eigenvalue weighted by molar-refractivity contribution is 6.37. The molecule has 0 fully saturated rings.